The molecule has 0 amide bonds. The number of ether oxygens (including phenoxy) is 2. The van der Waals surface area contributed by atoms with Crippen LogP contribution in [0.3, 0.4) is 0 Å². The van der Waals surface area contributed by atoms with Crippen molar-refractivity contribution in [3.63, 3.8) is 0 Å². The van der Waals surface area contributed by atoms with E-state index in [1.165, 1.54) is 62.5 Å². The van der Waals surface area contributed by atoms with Gasteiger partial charge in [-0.1, -0.05) is 101 Å². The van der Waals surface area contributed by atoms with Gasteiger partial charge in [0.1, 0.15) is 5.75 Å². The summed E-state index contributed by atoms with van der Waals surface area (Å²) in [6, 6.07) is 17.0. The lowest BCUT2D eigenvalue weighted by Gasteiger charge is -2.10. The highest BCUT2D eigenvalue weighted by molar-refractivity contribution is 5.65. The summed E-state index contributed by atoms with van der Waals surface area (Å²) >= 11 is 0. The summed E-state index contributed by atoms with van der Waals surface area (Å²) in [5, 5.41) is 0. The number of hydrogen-bond acceptors (Lipinski definition) is 2. The van der Waals surface area contributed by atoms with Gasteiger partial charge in [0.25, 0.3) is 0 Å². The van der Waals surface area contributed by atoms with Crippen molar-refractivity contribution in [3.8, 4) is 28.7 Å². The molecule has 2 aromatic rings. The fourth-order valence-electron chi connectivity index (χ4n) is 3.87. The molecule has 0 spiro atoms. The lowest BCUT2D eigenvalue weighted by Crippen LogP contribution is -2.08. The Labute approximate surface area is 209 Å². The Kier molecular flexibility index (Phi) is 14.9. The van der Waals surface area contributed by atoms with Crippen LogP contribution in [-0.2, 0) is 4.74 Å². The van der Waals surface area contributed by atoms with Crippen molar-refractivity contribution in [3.05, 3.63) is 54.1 Å². The maximum absolute atomic E-state index is 5.93. The lowest BCUT2D eigenvalue weighted by molar-refractivity contribution is 0.0594. The number of rotatable bonds is 17. The molecule has 186 valence electrons. The van der Waals surface area contributed by atoms with Crippen LogP contribution in [0.1, 0.15) is 103 Å². The summed E-state index contributed by atoms with van der Waals surface area (Å²) < 4.78 is 11.7. The minimum atomic E-state index is 0.287. The molecule has 2 heteroatoms. The van der Waals surface area contributed by atoms with Gasteiger partial charge in [0.15, 0.2) is 0 Å². The van der Waals surface area contributed by atoms with Crippen LogP contribution >= 0.6 is 0 Å². The normalized spacial score (nSPS) is 11.6. The molecule has 0 aliphatic rings. The topological polar surface area (TPSA) is 18.5 Å². The molecule has 1 unspecified atom stereocenters. The Hall–Kier alpha value is -2.24. The van der Waals surface area contributed by atoms with Crippen molar-refractivity contribution < 1.29 is 9.47 Å². The highest BCUT2D eigenvalue weighted by Crippen LogP contribution is 2.23. The van der Waals surface area contributed by atoms with Crippen LogP contribution in [0, 0.1) is 11.8 Å². The first-order valence-electron chi connectivity index (χ1n) is 13.7. The highest BCUT2D eigenvalue weighted by Gasteiger charge is 2.01. The molecule has 0 aromatic heterocycles. The van der Waals surface area contributed by atoms with Crippen LogP contribution in [0.25, 0.3) is 11.1 Å². The molecule has 0 heterocycles. The van der Waals surface area contributed by atoms with E-state index in [4.69, 9.17) is 9.47 Å². The molecule has 34 heavy (non-hydrogen) atoms. The van der Waals surface area contributed by atoms with E-state index in [1.807, 2.05) is 0 Å². The predicted molar refractivity (Wildman–Crippen MR) is 146 cm³/mol. The Morgan fingerprint density at radius 1 is 0.676 bits per heavy atom. The van der Waals surface area contributed by atoms with Crippen LogP contribution < -0.4 is 4.74 Å². The van der Waals surface area contributed by atoms with Crippen molar-refractivity contribution >= 4 is 0 Å². The molecule has 1 atom stereocenters. The van der Waals surface area contributed by atoms with Gasteiger partial charge < -0.3 is 9.47 Å². The van der Waals surface area contributed by atoms with E-state index in [2.05, 4.69) is 81.1 Å². The number of unbranched alkanes of at least 4 members (excludes halogenated alkanes) is 8. The van der Waals surface area contributed by atoms with E-state index in [0.717, 1.165) is 50.2 Å². The Morgan fingerprint density at radius 3 is 1.91 bits per heavy atom. The van der Waals surface area contributed by atoms with E-state index in [0.29, 0.717) is 0 Å². The molecule has 0 radical (unpaired) electrons. The third-order valence-electron chi connectivity index (χ3n) is 6.15. The molecular weight excluding hydrogens is 416 g/mol. The molecule has 0 saturated carbocycles. The van der Waals surface area contributed by atoms with Crippen LogP contribution in [0.5, 0.6) is 5.75 Å². The summed E-state index contributed by atoms with van der Waals surface area (Å²) in [5.41, 5.74) is 3.48. The molecular formula is C32H46O2. The monoisotopic (exact) mass is 462 g/mol. The van der Waals surface area contributed by atoms with E-state index in [-0.39, 0.29) is 6.10 Å². The van der Waals surface area contributed by atoms with Crippen molar-refractivity contribution in [2.24, 2.45) is 0 Å². The fourth-order valence-corrected chi connectivity index (χ4v) is 3.87. The van der Waals surface area contributed by atoms with Crippen molar-refractivity contribution in [1.82, 2.24) is 0 Å². The fraction of sp³-hybridized carbons (Fsp3) is 0.562. The van der Waals surface area contributed by atoms with Gasteiger partial charge in [0.05, 0.1) is 12.7 Å². The Morgan fingerprint density at radius 2 is 1.26 bits per heavy atom. The predicted octanol–water partition coefficient (Wildman–Crippen LogP) is 9.21. The molecule has 0 bridgehead atoms. The van der Waals surface area contributed by atoms with Crippen LogP contribution in [-0.4, -0.2) is 19.3 Å². The van der Waals surface area contributed by atoms with Gasteiger partial charge in [-0.15, -0.1) is 0 Å². The molecule has 0 saturated heterocycles. The molecule has 0 aliphatic heterocycles. The van der Waals surface area contributed by atoms with Crippen molar-refractivity contribution in [2.45, 2.75) is 104 Å². The number of hydrogen-bond donors (Lipinski definition) is 0. The maximum atomic E-state index is 5.93. The Bertz CT molecular complexity index is 811. The Balaban J connectivity index is 1.67. The zero-order valence-corrected chi connectivity index (χ0v) is 21.9. The molecule has 0 fully saturated rings. The first-order chi connectivity index (χ1) is 16.7. The SMILES string of the molecule is CCCCCCCCCCOc1ccc(-c2ccc(C#CCCC(C)OCCCC)cc2)cc1. The van der Waals surface area contributed by atoms with Crippen LogP contribution in [0.4, 0.5) is 0 Å². The van der Waals surface area contributed by atoms with Crippen LogP contribution in [0.2, 0.25) is 0 Å². The van der Waals surface area contributed by atoms with E-state index < -0.39 is 0 Å². The molecule has 0 N–H and O–H groups in total. The summed E-state index contributed by atoms with van der Waals surface area (Å²) in [6.07, 6.45) is 15.1. The van der Waals surface area contributed by atoms with E-state index >= 15 is 0 Å². The number of benzene rings is 2. The molecule has 0 aliphatic carbocycles. The smallest absolute Gasteiger partial charge is 0.119 e. The lowest BCUT2D eigenvalue weighted by atomic mass is 10.0. The third kappa shape index (κ3) is 12.3. The summed E-state index contributed by atoms with van der Waals surface area (Å²) in [7, 11) is 0. The van der Waals surface area contributed by atoms with Gasteiger partial charge >= 0.3 is 0 Å². The van der Waals surface area contributed by atoms with Gasteiger partial charge in [-0.3, -0.25) is 0 Å². The summed E-state index contributed by atoms with van der Waals surface area (Å²) in [6.45, 7) is 8.27. The zero-order chi connectivity index (χ0) is 24.3. The summed E-state index contributed by atoms with van der Waals surface area (Å²) in [5.74, 6) is 7.53. The molecule has 2 nitrogen and oxygen atoms in total. The maximum Gasteiger partial charge on any atom is 0.119 e. The standard InChI is InChI=1S/C32H46O2/c1-4-6-8-9-10-11-12-15-27-34-32-24-22-31(23-25-32)30-20-18-29(19-21-30)17-14-13-16-28(3)33-26-7-5-2/h18-25,28H,4-13,15-16,26-27H2,1-3H3. The van der Waals surface area contributed by atoms with Gasteiger partial charge in [-0.2, -0.15) is 0 Å². The second kappa shape index (κ2) is 18.1. The van der Waals surface area contributed by atoms with Gasteiger partial charge in [0, 0.05) is 18.6 Å². The van der Waals surface area contributed by atoms with Gasteiger partial charge in [-0.25, -0.2) is 0 Å². The first kappa shape index (κ1) is 28.0. The average Bonchev–Trinajstić information content (AvgIpc) is 2.86. The first-order valence-corrected chi connectivity index (χ1v) is 13.7. The minimum Gasteiger partial charge on any atom is -0.494 e. The molecule has 2 aromatic carbocycles. The minimum absolute atomic E-state index is 0.287. The quantitative estimate of drug-likeness (QED) is 0.172. The third-order valence-corrected chi connectivity index (χ3v) is 6.15. The van der Waals surface area contributed by atoms with Crippen LogP contribution in [0.15, 0.2) is 48.5 Å². The van der Waals surface area contributed by atoms with Gasteiger partial charge in [-0.05, 0) is 61.6 Å². The second-order valence-corrected chi connectivity index (χ2v) is 9.30. The van der Waals surface area contributed by atoms with E-state index in [9.17, 15) is 0 Å². The van der Waals surface area contributed by atoms with Crippen molar-refractivity contribution in [1.29, 1.82) is 0 Å². The summed E-state index contributed by atoms with van der Waals surface area (Å²) in [4.78, 5) is 0. The van der Waals surface area contributed by atoms with E-state index in [1.54, 1.807) is 0 Å². The van der Waals surface area contributed by atoms with Gasteiger partial charge in [0.2, 0.25) is 0 Å². The zero-order valence-electron chi connectivity index (χ0n) is 21.9. The second-order valence-electron chi connectivity index (χ2n) is 9.30. The molecule has 2 rings (SSSR count). The van der Waals surface area contributed by atoms with Crippen molar-refractivity contribution in [2.75, 3.05) is 13.2 Å². The highest BCUT2D eigenvalue weighted by atomic mass is 16.5. The average molecular weight is 463 g/mol. The largest absolute Gasteiger partial charge is 0.494 e.